The van der Waals surface area contributed by atoms with Crippen LogP contribution in [0.3, 0.4) is 0 Å². The van der Waals surface area contributed by atoms with Crippen LogP contribution >= 0.6 is 11.3 Å². The van der Waals surface area contributed by atoms with E-state index in [1.165, 1.54) is 11.3 Å². The summed E-state index contributed by atoms with van der Waals surface area (Å²) in [7, 11) is 1.79. The van der Waals surface area contributed by atoms with Gasteiger partial charge in [-0.3, -0.25) is 9.72 Å². The average molecular weight is 463 g/mol. The van der Waals surface area contributed by atoms with E-state index in [2.05, 4.69) is 31.1 Å². The largest absolute Gasteiger partial charge is 0.359 e. The number of benzene rings is 1. The molecule has 1 aromatic carbocycles. The van der Waals surface area contributed by atoms with Crippen molar-refractivity contribution in [3.8, 4) is 11.3 Å². The van der Waals surface area contributed by atoms with E-state index in [0.717, 1.165) is 26.6 Å². The Kier molecular flexibility index (Phi) is 4.97. The van der Waals surface area contributed by atoms with E-state index in [1.807, 2.05) is 55.6 Å². The van der Waals surface area contributed by atoms with Crippen LogP contribution < -0.4 is 16.0 Å². The molecule has 0 atom stereocenters. The smallest absolute Gasteiger partial charge is 0.324 e. The predicted molar refractivity (Wildman–Crippen MR) is 129 cm³/mol. The fraction of sp³-hybridized carbons (Fsp3) is 0.227. The summed E-state index contributed by atoms with van der Waals surface area (Å²) in [6, 6.07) is 8.80. The number of anilines is 3. The number of urea groups is 1. The van der Waals surface area contributed by atoms with E-state index in [4.69, 9.17) is 9.51 Å². The number of nitrogens with one attached hydrogen (secondary N) is 3. The molecule has 0 aliphatic heterocycles. The molecule has 33 heavy (non-hydrogen) atoms. The van der Waals surface area contributed by atoms with E-state index in [9.17, 15) is 4.79 Å². The number of thiazole rings is 1. The van der Waals surface area contributed by atoms with Crippen LogP contribution in [0.2, 0.25) is 0 Å². The number of aromatic nitrogens is 5. The van der Waals surface area contributed by atoms with Crippen LogP contribution in [0.15, 0.2) is 47.2 Å². The van der Waals surface area contributed by atoms with Crippen molar-refractivity contribution in [3.05, 3.63) is 48.5 Å². The van der Waals surface area contributed by atoms with Crippen LogP contribution in [0.1, 0.15) is 26.5 Å². The molecule has 3 N–H and O–H groups in total. The van der Waals surface area contributed by atoms with Gasteiger partial charge in [0.1, 0.15) is 16.1 Å². The van der Waals surface area contributed by atoms with E-state index in [-0.39, 0.29) is 5.41 Å². The first-order valence-corrected chi connectivity index (χ1v) is 11.1. The molecule has 0 fully saturated rings. The van der Waals surface area contributed by atoms with Gasteiger partial charge in [-0.25, -0.2) is 19.7 Å². The highest BCUT2D eigenvalue weighted by atomic mass is 32.1. The number of rotatable bonds is 4. The Morgan fingerprint density at radius 1 is 1.12 bits per heavy atom. The second-order valence-corrected chi connectivity index (χ2v) is 9.45. The van der Waals surface area contributed by atoms with Gasteiger partial charge >= 0.3 is 6.03 Å². The maximum Gasteiger partial charge on any atom is 0.324 e. The zero-order valence-corrected chi connectivity index (χ0v) is 19.3. The molecule has 0 aliphatic rings. The molecular weight excluding hydrogens is 440 g/mol. The fourth-order valence-corrected chi connectivity index (χ4v) is 4.20. The third-order valence-electron chi connectivity index (χ3n) is 5.01. The number of imidazole rings is 1. The van der Waals surface area contributed by atoms with Crippen LogP contribution in [-0.4, -0.2) is 37.6 Å². The summed E-state index contributed by atoms with van der Waals surface area (Å²) in [6.45, 7) is 6.04. The highest BCUT2D eigenvalue weighted by Gasteiger charge is 2.20. The lowest BCUT2D eigenvalue weighted by molar-refractivity contribution is 0.262. The molecule has 0 aliphatic carbocycles. The summed E-state index contributed by atoms with van der Waals surface area (Å²) >= 11 is 1.50. The van der Waals surface area contributed by atoms with Gasteiger partial charge in [0.05, 0.1) is 11.9 Å². The fourth-order valence-electron chi connectivity index (χ4n) is 3.24. The first-order chi connectivity index (χ1) is 15.8. The third-order valence-corrected chi connectivity index (χ3v) is 5.97. The average Bonchev–Trinajstić information content (AvgIpc) is 3.48. The third kappa shape index (κ3) is 4.10. The highest BCUT2D eigenvalue weighted by Crippen LogP contribution is 2.29. The van der Waals surface area contributed by atoms with Gasteiger partial charge in [-0.15, -0.1) is 0 Å². The molecule has 0 radical (unpaired) electrons. The Labute approximate surface area is 193 Å². The van der Waals surface area contributed by atoms with E-state index >= 15 is 0 Å². The van der Waals surface area contributed by atoms with Crippen molar-refractivity contribution in [1.82, 2.24) is 24.5 Å². The molecule has 0 bridgehead atoms. The van der Waals surface area contributed by atoms with E-state index < -0.39 is 6.03 Å². The molecule has 5 aromatic rings. The van der Waals surface area contributed by atoms with Crippen molar-refractivity contribution < 1.29 is 9.32 Å². The summed E-state index contributed by atoms with van der Waals surface area (Å²) in [5.41, 5.74) is 3.13. The Bertz CT molecular complexity index is 1460. The number of amides is 2. The minimum atomic E-state index is -0.397. The van der Waals surface area contributed by atoms with Crippen LogP contribution in [0.5, 0.6) is 0 Å². The van der Waals surface area contributed by atoms with Gasteiger partial charge in [0.2, 0.25) is 5.95 Å². The van der Waals surface area contributed by atoms with Crippen molar-refractivity contribution in [2.45, 2.75) is 26.2 Å². The summed E-state index contributed by atoms with van der Waals surface area (Å²) in [5.74, 6) is 1.65. The molecule has 0 saturated carbocycles. The van der Waals surface area contributed by atoms with Crippen LogP contribution in [-0.2, 0) is 5.41 Å². The summed E-state index contributed by atoms with van der Waals surface area (Å²) in [5, 5.41) is 12.3. The van der Waals surface area contributed by atoms with Gasteiger partial charge in [-0.2, -0.15) is 0 Å². The van der Waals surface area contributed by atoms with Crippen LogP contribution in [0.4, 0.5) is 22.2 Å². The summed E-state index contributed by atoms with van der Waals surface area (Å²) < 4.78 is 7.27. The number of carbonyl (C=O) groups excluding carboxylic acids is 1. The van der Waals surface area contributed by atoms with E-state index in [1.54, 1.807) is 19.3 Å². The molecule has 5 rings (SSSR count). The molecule has 4 heterocycles. The minimum absolute atomic E-state index is 0.185. The topological polar surface area (TPSA) is 122 Å². The van der Waals surface area contributed by atoms with Crippen molar-refractivity contribution in [2.24, 2.45) is 0 Å². The monoisotopic (exact) mass is 462 g/mol. The number of hydrogen-bond acceptors (Lipinski definition) is 8. The lowest BCUT2D eigenvalue weighted by atomic mass is 9.93. The van der Waals surface area contributed by atoms with Gasteiger partial charge in [0.25, 0.3) is 0 Å². The second-order valence-electron chi connectivity index (χ2n) is 8.50. The quantitative estimate of drug-likeness (QED) is 0.344. The first-order valence-electron chi connectivity index (χ1n) is 10.3. The van der Waals surface area contributed by atoms with Gasteiger partial charge in [0.15, 0.2) is 10.8 Å². The highest BCUT2D eigenvalue weighted by molar-refractivity contribution is 7.23. The van der Waals surface area contributed by atoms with Gasteiger partial charge in [0, 0.05) is 36.0 Å². The second kappa shape index (κ2) is 7.85. The molecule has 0 spiro atoms. The van der Waals surface area contributed by atoms with Gasteiger partial charge in [-0.1, -0.05) is 49.4 Å². The molecule has 10 nitrogen and oxygen atoms in total. The van der Waals surface area contributed by atoms with Crippen molar-refractivity contribution >= 4 is 50.1 Å². The Hall–Kier alpha value is -3.99. The summed E-state index contributed by atoms with van der Waals surface area (Å²) in [6.07, 6.45) is 3.75. The molecule has 0 unspecified atom stereocenters. The molecular formula is C22H22N8O2S. The lowest BCUT2D eigenvalue weighted by Gasteiger charge is -2.12. The zero-order chi connectivity index (χ0) is 23.2. The number of hydrogen-bond donors (Lipinski definition) is 3. The predicted octanol–water partition coefficient (Wildman–Crippen LogP) is 4.98. The molecule has 11 heteroatoms. The number of carbonyl (C=O) groups is 1. The van der Waals surface area contributed by atoms with Crippen LogP contribution in [0, 0.1) is 0 Å². The Morgan fingerprint density at radius 2 is 1.91 bits per heavy atom. The van der Waals surface area contributed by atoms with Crippen LogP contribution in [0.25, 0.3) is 26.6 Å². The normalized spacial score (nSPS) is 11.8. The molecule has 2 amide bonds. The Balaban J connectivity index is 1.29. The van der Waals surface area contributed by atoms with Crippen molar-refractivity contribution in [3.63, 3.8) is 0 Å². The standard InChI is InChI=1S/C22H22N8O2S/c1-22(2,3)16-9-17(29-32-16)27-20(31)25-13-7-5-12(6-8-13)14-11-30-15-10-24-19(23-4)28-18(15)33-21(30)26-14/h5-11H,1-4H3,(H,23,24,28)(H2,25,27,29,31). The van der Waals surface area contributed by atoms with Crippen molar-refractivity contribution in [2.75, 3.05) is 23.0 Å². The molecule has 168 valence electrons. The lowest BCUT2D eigenvalue weighted by Crippen LogP contribution is -2.19. The van der Waals surface area contributed by atoms with Gasteiger partial charge < -0.3 is 15.2 Å². The number of fused-ring (bicyclic) bond motifs is 3. The van der Waals surface area contributed by atoms with Gasteiger partial charge in [-0.05, 0) is 12.1 Å². The minimum Gasteiger partial charge on any atom is -0.359 e. The maximum atomic E-state index is 12.3. The van der Waals surface area contributed by atoms with E-state index in [0.29, 0.717) is 23.2 Å². The Morgan fingerprint density at radius 3 is 2.61 bits per heavy atom. The maximum absolute atomic E-state index is 12.3. The first kappa shape index (κ1) is 20.9. The summed E-state index contributed by atoms with van der Waals surface area (Å²) in [4.78, 5) is 27.5. The molecule has 0 saturated heterocycles. The SMILES string of the molecule is CNc1ncc2c(n1)sc1nc(-c3ccc(NC(=O)Nc4cc(C(C)(C)C)on4)cc3)cn12. The number of nitrogens with zero attached hydrogens (tertiary/aromatic N) is 5. The zero-order valence-electron chi connectivity index (χ0n) is 18.5. The van der Waals surface area contributed by atoms with Crippen molar-refractivity contribution in [1.29, 1.82) is 0 Å². The molecule has 4 aromatic heterocycles.